The number of nitrogens with one attached hydrogen (secondary N) is 1. The second-order valence-corrected chi connectivity index (χ2v) is 3.88. The van der Waals surface area contributed by atoms with E-state index in [2.05, 4.69) is 0 Å². The molecule has 0 spiro atoms. The molecule has 7 heteroatoms. The van der Waals surface area contributed by atoms with Gasteiger partial charge in [0.15, 0.2) is 0 Å². The minimum atomic E-state index is -4.22. The van der Waals surface area contributed by atoms with E-state index >= 15 is 0 Å². The topological polar surface area (TPSA) is 112 Å². The summed E-state index contributed by atoms with van der Waals surface area (Å²) in [4.78, 5) is 18.5. The van der Waals surface area contributed by atoms with Crippen LogP contribution < -0.4 is 0 Å². The Kier molecular flexibility index (Phi) is 5.15. The van der Waals surface area contributed by atoms with Gasteiger partial charge in [0, 0.05) is 0 Å². The molecule has 1 rings (SSSR count). The number of hydrogen-bond donors (Lipinski definition) is 2. The van der Waals surface area contributed by atoms with Crippen molar-refractivity contribution in [2.45, 2.75) is 5.25 Å². The van der Waals surface area contributed by atoms with Crippen LogP contribution in [0.15, 0.2) is 29.9 Å². The van der Waals surface area contributed by atoms with E-state index in [1.54, 1.807) is 0 Å². The molecule has 0 radical (unpaired) electrons. The van der Waals surface area contributed by atoms with E-state index in [0.717, 1.165) is 6.08 Å². The van der Waals surface area contributed by atoms with Crippen molar-refractivity contribution in [1.29, 1.82) is 5.41 Å². The monoisotopic (exact) mass is 229 g/mol. The molecule has 1 atom stereocenters. The number of allylic oxidation sites excluding steroid dienone is 3. The molecule has 2 N–H and O–H groups in total. The van der Waals surface area contributed by atoms with E-state index in [0.29, 0.717) is 0 Å². The average molecular weight is 229 g/mol. The fourth-order valence-corrected chi connectivity index (χ4v) is 1.61. The van der Waals surface area contributed by atoms with Crippen LogP contribution in [0.2, 0.25) is 0 Å². The lowest BCUT2D eigenvalue weighted by molar-refractivity contribution is 0.479. The lowest BCUT2D eigenvalue weighted by Gasteiger charge is -2.09. The van der Waals surface area contributed by atoms with Crippen LogP contribution in [0.25, 0.3) is 0 Å². The molecule has 0 aliphatic heterocycles. The van der Waals surface area contributed by atoms with Crippen LogP contribution in [0.4, 0.5) is 0 Å². The zero-order chi connectivity index (χ0) is 11.9. The molecule has 0 fully saturated rings. The Morgan fingerprint density at radius 3 is 2.20 bits per heavy atom. The van der Waals surface area contributed by atoms with Gasteiger partial charge in [0.2, 0.25) is 6.08 Å². The summed E-state index contributed by atoms with van der Waals surface area (Å²) in [6.07, 6.45) is 6.21. The second kappa shape index (κ2) is 5.85. The van der Waals surface area contributed by atoms with Crippen LogP contribution in [0.1, 0.15) is 0 Å². The summed E-state index contributed by atoms with van der Waals surface area (Å²) < 4.78 is 29.9. The maximum Gasteiger partial charge on any atom is 0.276 e. The Hall–Kier alpha value is -1.78. The van der Waals surface area contributed by atoms with Crippen LogP contribution in [0, 0.1) is 5.41 Å². The Bertz CT molecular complexity index is 461. The van der Waals surface area contributed by atoms with E-state index < -0.39 is 15.4 Å². The third-order valence-electron chi connectivity index (χ3n) is 1.42. The Morgan fingerprint density at radius 1 is 1.33 bits per heavy atom. The van der Waals surface area contributed by atoms with E-state index in [4.69, 9.17) is 14.8 Å². The fraction of sp³-hybridized carbons (Fsp3) is 0.125. The molecule has 0 saturated carbocycles. The van der Waals surface area contributed by atoms with Crippen molar-refractivity contribution >= 4 is 22.1 Å². The van der Waals surface area contributed by atoms with Crippen molar-refractivity contribution in [2.24, 2.45) is 0 Å². The average Bonchev–Trinajstić information content (AvgIpc) is 2.18. The molecule has 6 nitrogen and oxygen atoms in total. The van der Waals surface area contributed by atoms with Gasteiger partial charge < -0.3 is 0 Å². The molecule has 0 saturated heterocycles. The van der Waals surface area contributed by atoms with Gasteiger partial charge in [-0.15, -0.1) is 0 Å². The maximum absolute atomic E-state index is 10.6. The van der Waals surface area contributed by atoms with Crippen molar-refractivity contribution in [1.82, 2.24) is 0 Å². The first-order valence-corrected chi connectivity index (χ1v) is 5.07. The Balaban J connectivity index is 0.000000583. The highest BCUT2D eigenvalue weighted by molar-refractivity contribution is 7.86. The molecule has 1 aliphatic carbocycles. The zero-order valence-corrected chi connectivity index (χ0v) is 8.19. The highest BCUT2D eigenvalue weighted by atomic mass is 32.2. The summed E-state index contributed by atoms with van der Waals surface area (Å²) in [5.74, 6) is 1.45. The molecular weight excluding hydrogens is 222 g/mol. The van der Waals surface area contributed by atoms with Gasteiger partial charge in [-0.2, -0.15) is 8.42 Å². The lowest BCUT2D eigenvalue weighted by Crippen LogP contribution is -2.21. The fourth-order valence-electron chi connectivity index (χ4n) is 0.875. The van der Waals surface area contributed by atoms with Gasteiger partial charge in [-0.05, 0) is 6.08 Å². The molecule has 0 aromatic rings. The van der Waals surface area contributed by atoms with E-state index in [1.807, 2.05) is 0 Å². The van der Waals surface area contributed by atoms with Crippen molar-refractivity contribution in [3.05, 3.63) is 29.9 Å². The van der Waals surface area contributed by atoms with Crippen molar-refractivity contribution in [3.63, 3.8) is 0 Å². The van der Waals surface area contributed by atoms with Crippen LogP contribution in [0.5, 0.6) is 0 Å². The largest absolute Gasteiger partial charge is 0.285 e. The standard InChI is InChI=1S/C7H6O4S.CHNO/c8-5-6-3-1-2-4-7(6)12(9,10)11;2-1-3/h1-4,7H,(H,9,10,11);2H. The number of isocyanates is 1. The lowest BCUT2D eigenvalue weighted by atomic mass is 10.1. The van der Waals surface area contributed by atoms with Crippen molar-refractivity contribution in [3.8, 4) is 0 Å². The first-order chi connectivity index (χ1) is 6.97. The minimum absolute atomic E-state index is 0.0833. The molecule has 0 aromatic heterocycles. The molecule has 0 amide bonds. The molecule has 1 aliphatic rings. The molecular formula is C8H7NO5S. The zero-order valence-electron chi connectivity index (χ0n) is 7.38. The molecule has 80 valence electrons. The summed E-state index contributed by atoms with van der Waals surface area (Å²) in [6, 6.07) is 0. The quantitative estimate of drug-likeness (QED) is 0.285. The molecule has 0 heterocycles. The van der Waals surface area contributed by atoms with Gasteiger partial charge >= 0.3 is 0 Å². The molecule has 15 heavy (non-hydrogen) atoms. The van der Waals surface area contributed by atoms with Crippen LogP contribution in [-0.4, -0.2) is 30.2 Å². The third-order valence-corrected chi connectivity index (χ3v) is 2.47. The highest BCUT2D eigenvalue weighted by Gasteiger charge is 2.25. The van der Waals surface area contributed by atoms with Gasteiger partial charge in [-0.1, -0.05) is 18.2 Å². The number of carbonyl (C=O) groups excluding carboxylic acids is 2. The number of rotatable bonds is 1. The van der Waals surface area contributed by atoms with Crippen LogP contribution in [-0.2, 0) is 19.7 Å². The van der Waals surface area contributed by atoms with Gasteiger partial charge in [0.25, 0.3) is 10.1 Å². The first-order valence-electron chi connectivity index (χ1n) is 3.57. The summed E-state index contributed by atoms with van der Waals surface area (Å²) in [5, 5.41) is 4.14. The minimum Gasteiger partial charge on any atom is -0.285 e. The van der Waals surface area contributed by atoms with Gasteiger partial charge in [-0.25, -0.2) is 15.0 Å². The summed E-state index contributed by atoms with van der Waals surface area (Å²) >= 11 is 0. The molecule has 1 unspecified atom stereocenters. The third kappa shape index (κ3) is 4.30. The van der Waals surface area contributed by atoms with Crippen molar-refractivity contribution < 1.29 is 22.6 Å². The van der Waals surface area contributed by atoms with Gasteiger partial charge in [0.05, 0.1) is 5.57 Å². The summed E-state index contributed by atoms with van der Waals surface area (Å²) in [5.41, 5.74) is -0.0833. The van der Waals surface area contributed by atoms with E-state index in [1.165, 1.54) is 30.2 Å². The van der Waals surface area contributed by atoms with Crippen molar-refractivity contribution in [2.75, 3.05) is 0 Å². The molecule has 0 bridgehead atoms. The van der Waals surface area contributed by atoms with Crippen LogP contribution in [0.3, 0.4) is 0 Å². The predicted molar refractivity (Wildman–Crippen MR) is 51.2 cm³/mol. The summed E-state index contributed by atoms with van der Waals surface area (Å²) in [7, 11) is -4.22. The highest BCUT2D eigenvalue weighted by Crippen LogP contribution is 2.15. The maximum atomic E-state index is 10.6. The summed E-state index contributed by atoms with van der Waals surface area (Å²) in [6.45, 7) is 0. The van der Waals surface area contributed by atoms with Gasteiger partial charge in [0.1, 0.15) is 11.2 Å². The predicted octanol–water partition coefficient (Wildman–Crippen LogP) is 0.0278. The first kappa shape index (κ1) is 13.2. The smallest absolute Gasteiger partial charge is 0.276 e. The normalized spacial score (nSPS) is 18.5. The van der Waals surface area contributed by atoms with E-state index in [-0.39, 0.29) is 5.57 Å². The Labute approximate surface area is 85.9 Å². The van der Waals surface area contributed by atoms with Crippen LogP contribution >= 0.6 is 0 Å². The number of hydrogen-bond acceptors (Lipinski definition) is 5. The SMILES string of the molecule is N=C=O.O=C=C1C=CC=CC1S(=O)(=O)O. The van der Waals surface area contributed by atoms with Gasteiger partial charge in [-0.3, -0.25) is 4.55 Å². The molecule has 0 aromatic carbocycles. The van der Waals surface area contributed by atoms with E-state index in [9.17, 15) is 13.2 Å². The second-order valence-electron chi connectivity index (χ2n) is 2.34. The Morgan fingerprint density at radius 2 is 1.87 bits per heavy atom.